The molecule has 0 unspecified atom stereocenters. The summed E-state index contributed by atoms with van der Waals surface area (Å²) in [7, 11) is -3.97. The Morgan fingerprint density at radius 3 is 2.65 bits per heavy atom. The molecule has 0 aliphatic carbocycles. The van der Waals surface area contributed by atoms with Gasteiger partial charge in [0.05, 0.1) is 22.2 Å². The molecule has 0 bridgehead atoms. The number of nitrogens with zero attached hydrogens (tertiary/aromatic N) is 10. The first kappa shape index (κ1) is 32.4. The summed E-state index contributed by atoms with van der Waals surface area (Å²) in [5.41, 5.74) is 3.47. The van der Waals surface area contributed by atoms with E-state index in [1.165, 1.54) is 18.6 Å². The number of amides is 1. The SMILES string of the molecule is [C-]#[N+]C[C@H]1CN(c2nc(CCc3cnccc3S(=O)(=O)n3cncn3)nc3c2CCN(c2cccc4cccc(Cl)c24)C3)CCN1C(C)=O. The van der Waals surface area contributed by atoms with Crippen LogP contribution in [0.2, 0.25) is 5.02 Å². The van der Waals surface area contributed by atoms with E-state index in [1.54, 1.807) is 18.0 Å². The van der Waals surface area contributed by atoms with Gasteiger partial charge in [0.1, 0.15) is 30.3 Å². The number of benzene rings is 2. The first-order chi connectivity index (χ1) is 23.7. The van der Waals surface area contributed by atoms with Gasteiger partial charge in [-0.3, -0.25) is 9.78 Å². The molecule has 1 fully saturated rings. The van der Waals surface area contributed by atoms with E-state index >= 15 is 0 Å². The average molecular weight is 697 g/mol. The lowest BCUT2D eigenvalue weighted by Gasteiger charge is -2.41. The van der Waals surface area contributed by atoms with Crippen LogP contribution in [0.3, 0.4) is 0 Å². The number of aromatic nitrogens is 6. The van der Waals surface area contributed by atoms with Crippen molar-refractivity contribution < 1.29 is 13.2 Å². The van der Waals surface area contributed by atoms with Crippen LogP contribution in [0.5, 0.6) is 0 Å². The average Bonchev–Trinajstić information content (AvgIpc) is 3.67. The van der Waals surface area contributed by atoms with Crippen LogP contribution in [-0.2, 0) is 40.6 Å². The molecule has 3 aromatic heterocycles. The number of anilines is 2. The number of hydrogen-bond acceptors (Lipinski definition) is 10. The molecule has 5 heterocycles. The van der Waals surface area contributed by atoms with Gasteiger partial charge in [0, 0.05) is 68.6 Å². The molecule has 0 saturated carbocycles. The first-order valence-corrected chi connectivity index (χ1v) is 17.8. The zero-order valence-corrected chi connectivity index (χ0v) is 28.3. The number of carbonyl (C=O) groups excluding carboxylic acids is 1. The van der Waals surface area contributed by atoms with E-state index in [4.69, 9.17) is 28.1 Å². The Hall–Kier alpha value is -5.13. The molecule has 0 N–H and O–H groups in total. The van der Waals surface area contributed by atoms with Crippen molar-refractivity contribution >= 4 is 49.8 Å². The monoisotopic (exact) mass is 696 g/mol. The summed E-state index contributed by atoms with van der Waals surface area (Å²) in [5, 5.41) is 6.57. The number of aryl methyl sites for hydroxylation is 2. The molecule has 13 nitrogen and oxygen atoms in total. The number of carbonyl (C=O) groups is 1. The number of pyridine rings is 1. The van der Waals surface area contributed by atoms with Crippen LogP contribution in [0, 0.1) is 6.57 Å². The van der Waals surface area contributed by atoms with E-state index in [2.05, 4.69) is 47.9 Å². The minimum atomic E-state index is -3.97. The largest absolute Gasteiger partial charge is 0.365 e. The van der Waals surface area contributed by atoms with Crippen molar-refractivity contribution in [2.45, 2.75) is 43.7 Å². The van der Waals surface area contributed by atoms with Crippen LogP contribution in [0.4, 0.5) is 11.5 Å². The molecule has 1 saturated heterocycles. The third kappa shape index (κ3) is 6.27. The predicted molar refractivity (Wildman–Crippen MR) is 185 cm³/mol. The normalized spacial score (nSPS) is 16.4. The molecule has 0 spiro atoms. The van der Waals surface area contributed by atoms with Gasteiger partial charge in [-0.1, -0.05) is 35.9 Å². The highest BCUT2D eigenvalue weighted by atomic mass is 35.5. The van der Waals surface area contributed by atoms with Gasteiger partial charge in [-0.15, -0.1) is 9.19 Å². The smallest absolute Gasteiger partial charge is 0.284 e. The van der Waals surface area contributed by atoms with Crippen LogP contribution < -0.4 is 9.80 Å². The summed E-state index contributed by atoms with van der Waals surface area (Å²) in [5.74, 6) is 1.32. The van der Waals surface area contributed by atoms with Crippen LogP contribution in [0.15, 0.2) is 72.4 Å². The Morgan fingerprint density at radius 1 is 1.04 bits per heavy atom. The van der Waals surface area contributed by atoms with Crippen molar-refractivity contribution in [1.82, 2.24) is 34.0 Å². The van der Waals surface area contributed by atoms with Gasteiger partial charge < -0.3 is 19.5 Å². The summed E-state index contributed by atoms with van der Waals surface area (Å²) in [6.45, 7) is 12.1. The van der Waals surface area contributed by atoms with Gasteiger partial charge in [0.2, 0.25) is 12.5 Å². The standard InChI is InChI=1S/C34H33ClN10O3S/c1-23(46)44-16-15-43(19-26(44)18-36-2)34-27-12-14-42(30-8-4-6-24-5-3-7-28(35)33(24)30)20-29(27)40-32(41-34)10-9-25-17-37-13-11-31(25)49(47,48)45-22-38-21-39-45/h3-8,11,13,17,21-22,26H,9-10,12,14-16,18-20H2,1H3/t26-/m0/s1. The van der Waals surface area contributed by atoms with Crippen molar-refractivity contribution in [3.63, 3.8) is 0 Å². The maximum absolute atomic E-state index is 13.4. The molecule has 1 atom stereocenters. The molecule has 250 valence electrons. The Bertz CT molecular complexity index is 2180. The number of fused-ring (bicyclic) bond motifs is 2. The highest BCUT2D eigenvalue weighted by Gasteiger charge is 2.34. The lowest BCUT2D eigenvalue weighted by Crippen LogP contribution is -2.56. The molecule has 49 heavy (non-hydrogen) atoms. The summed E-state index contributed by atoms with van der Waals surface area (Å²) >= 11 is 6.72. The third-order valence-electron chi connectivity index (χ3n) is 9.15. The lowest BCUT2D eigenvalue weighted by atomic mass is 10.0. The van der Waals surface area contributed by atoms with Gasteiger partial charge in [-0.2, -0.15) is 8.42 Å². The minimum absolute atomic E-state index is 0.0452. The van der Waals surface area contributed by atoms with Crippen molar-refractivity contribution in [2.75, 3.05) is 42.5 Å². The van der Waals surface area contributed by atoms with E-state index in [9.17, 15) is 13.2 Å². The van der Waals surface area contributed by atoms with Gasteiger partial charge >= 0.3 is 0 Å². The molecule has 0 radical (unpaired) electrons. The van der Waals surface area contributed by atoms with Gasteiger partial charge in [-0.05, 0) is 42.0 Å². The number of rotatable bonds is 8. The van der Waals surface area contributed by atoms with Gasteiger partial charge in [0.15, 0.2) is 0 Å². The fourth-order valence-corrected chi connectivity index (χ4v) is 8.37. The zero-order chi connectivity index (χ0) is 34.1. The van der Waals surface area contributed by atoms with Crippen molar-refractivity contribution in [1.29, 1.82) is 0 Å². The van der Waals surface area contributed by atoms with Crippen molar-refractivity contribution in [3.05, 3.63) is 107 Å². The Balaban J connectivity index is 1.25. The molecule has 2 aromatic carbocycles. The van der Waals surface area contributed by atoms with E-state index in [-0.39, 0.29) is 23.4 Å². The van der Waals surface area contributed by atoms with Gasteiger partial charge in [0.25, 0.3) is 10.0 Å². The molecule has 7 rings (SSSR count). The second-order valence-electron chi connectivity index (χ2n) is 12.1. The Kier molecular flexibility index (Phi) is 8.87. The molecule has 2 aliphatic rings. The summed E-state index contributed by atoms with van der Waals surface area (Å²) in [4.78, 5) is 40.5. The molecule has 2 aliphatic heterocycles. The van der Waals surface area contributed by atoms with E-state index in [0.717, 1.165) is 50.5 Å². The number of halogens is 1. The van der Waals surface area contributed by atoms with Crippen LogP contribution in [0.1, 0.15) is 29.6 Å². The number of piperazine rings is 1. The molecule has 15 heteroatoms. The van der Waals surface area contributed by atoms with Gasteiger partial charge in [-0.25, -0.2) is 21.5 Å². The summed E-state index contributed by atoms with van der Waals surface area (Å²) in [6.07, 6.45) is 6.67. The van der Waals surface area contributed by atoms with Crippen molar-refractivity contribution in [3.8, 4) is 0 Å². The highest BCUT2D eigenvalue weighted by molar-refractivity contribution is 7.89. The Labute approximate surface area is 289 Å². The minimum Gasteiger partial charge on any atom is -0.365 e. The zero-order valence-electron chi connectivity index (χ0n) is 26.8. The topological polar surface area (TPSA) is 135 Å². The van der Waals surface area contributed by atoms with Crippen molar-refractivity contribution in [2.24, 2.45) is 0 Å². The molecule has 1 amide bonds. The maximum Gasteiger partial charge on any atom is 0.284 e. The third-order valence-corrected chi connectivity index (χ3v) is 11.1. The Morgan fingerprint density at radius 2 is 1.88 bits per heavy atom. The number of hydrogen-bond donors (Lipinski definition) is 0. The predicted octanol–water partition coefficient (Wildman–Crippen LogP) is 3.81. The quantitative estimate of drug-likeness (QED) is 0.221. The molecular formula is C34H33ClN10O3S. The summed E-state index contributed by atoms with van der Waals surface area (Å²) < 4.78 is 27.6. The highest BCUT2D eigenvalue weighted by Crippen LogP contribution is 2.37. The van der Waals surface area contributed by atoms with E-state index in [1.807, 2.05) is 18.2 Å². The lowest BCUT2D eigenvalue weighted by molar-refractivity contribution is -0.131. The summed E-state index contributed by atoms with van der Waals surface area (Å²) in [6, 6.07) is 13.3. The van der Waals surface area contributed by atoms with Crippen LogP contribution >= 0.6 is 11.6 Å². The maximum atomic E-state index is 13.4. The second-order valence-corrected chi connectivity index (χ2v) is 14.3. The van der Waals surface area contributed by atoms with Crippen LogP contribution in [-0.4, -0.2) is 87.1 Å². The van der Waals surface area contributed by atoms with E-state index < -0.39 is 10.0 Å². The first-order valence-electron chi connectivity index (χ1n) is 15.9. The molecular weight excluding hydrogens is 664 g/mol. The van der Waals surface area contributed by atoms with E-state index in [0.29, 0.717) is 61.9 Å². The molecule has 5 aromatic rings. The second kappa shape index (κ2) is 13.4. The van der Waals surface area contributed by atoms with Crippen LogP contribution in [0.25, 0.3) is 15.6 Å². The fourth-order valence-electron chi connectivity index (χ4n) is 6.83. The fraction of sp³-hybridized carbons (Fsp3) is 0.324.